The lowest BCUT2D eigenvalue weighted by Gasteiger charge is -2.14. The van der Waals surface area contributed by atoms with Gasteiger partial charge in [0.15, 0.2) is 0 Å². The molecule has 0 aliphatic rings. The zero-order chi connectivity index (χ0) is 10.6. The SMILES string of the molecule is C=C(C)CN[C@@H](C)c1cccc(F)c1. The van der Waals surface area contributed by atoms with Crippen LogP contribution in [0.5, 0.6) is 0 Å². The number of rotatable bonds is 4. The molecule has 0 unspecified atom stereocenters. The van der Waals surface area contributed by atoms with Crippen LogP contribution in [0, 0.1) is 5.82 Å². The molecule has 0 fully saturated rings. The number of nitrogens with one attached hydrogen (secondary N) is 1. The Kier molecular flexibility index (Phi) is 3.84. The third kappa shape index (κ3) is 3.30. The molecule has 0 saturated heterocycles. The highest BCUT2D eigenvalue weighted by Crippen LogP contribution is 2.13. The number of hydrogen-bond donors (Lipinski definition) is 1. The van der Waals surface area contributed by atoms with Gasteiger partial charge < -0.3 is 5.32 Å². The van der Waals surface area contributed by atoms with Crippen molar-refractivity contribution in [1.29, 1.82) is 0 Å². The van der Waals surface area contributed by atoms with Gasteiger partial charge in [0.25, 0.3) is 0 Å². The van der Waals surface area contributed by atoms with E-state index >= 15 is 0 Å². The second kappa shape index (κ2) is 4.91. The molecule has 0 amide bonds. The van der Waals surface area contributed by atoms with Gasteiger partial charge in [-0.05, 0) is 31.5 Å². The van der Waals surface area contributed by atoms with E-state index in [1.54, 1.807) is 12.1 Å². The smallest absolute Gasteiger partial charge is 0.123 e. The zero-order valence-corrected chi connectivity index (χ0v) is 8.68. The quantitative estimate of drug-likeness (QED) is 0.725. The normalized spacial score (nSPS) is 12.5. The third-order valence-electron chi connectivity index (χ3n) is 2.06. The minimum absolute atomic E-state index is 0.155. The molecule has 1 aromatic carbocycles. The fraction of sp³-hybridized carbons (Fsp3) is 0.333. The van der Waals surface area contributed by atoms with Gasteiger partial charge in [0.05, 0.1) is 0 Å². The zero-order valence-electron chi connectivity index (χ0n) is 8.68. The lowest BCUT2D eigenvalue weighted by atomic mass is 10.1. The summed E-state index contributed by atoms with van der Waals surface area (Å²) in [5.74, 6) is -0.188. The van der Waals surface area contributed by atoms with Crippen molar-refractivity contribution in [3.8, 4) is 0 Å². The molecule has 1 atom stereocenters. The monoisotopic (exact) mass is 193 g/mol. The van der Waals surface area contributed by atoms with Crippen LogP contribution in [-0.4, -0.2) is 6.54 Å². The van der Waals surface area contributed by atoms with Gasteiger partial charge in [0.1, 0.15) is 5.82 Å². The van der Waals surface area contributed by atoms with Crippen molar-refractivity contribution in [2.24, 2.45) is 0 Å². The fourth-order valence-corrected chi connectivity index (χ4v) is 1.22. The van der Waals surface area contributed by atoms with E-state index in [1.807, 2.05) is 19.9 Å². The maximum absolute atomic E-state index is 12.9. The first-order chi connectivity index (χ1) is 6.59. The summed E-state index contributed by atoms with van der Waals surface area (Å²) in [6.07, 6.45) is 0. The van der Waals surface area contributed by atoms with E-state index in [0.717, 1.165) is 17.7 Å². The first-order valence-corrected chi connectivity index (χ1v) is 4.73. The van der Waals surface area contributed by atoms with Gasteiger partial charge >= 0.3 is 0 Å². The van der Waals surface area contributed by atoms with E-state index in [2.05, 4.69) is 11.9 Å². The Morgan fingerprint density at radius 3 is 2.86 bits per heavy atom. The topological polar surface area (TPSA) is 12.0 Å². The summed E-state index contributed by atoms with van der Waals surface area (Å²) in [6.45, 7) is 8.54. The van der Waals surface area contributed by atoms with Crippen LogP contribution in [0.3, 0.4) is 0 Å². The molecular formula is C12H16FN. The molecule has 0 bridgehead atoms. The molecule has 0 saturated carbocycles. The standard InChI is InChI=1S/C12H16FN/c1-9(2)8-14-10(3)11-5-4-6-12(13)7-11/h4-7,10,14H,1,8H2,2-3H3/t10-/m0/s1. The molecule has 1 nitrogen and oxygen atoms in total. The van der Waals surface area contributed by atoms with Crippen molar-refractivity contribution in [2.75, 3.05) is 6.54 Å². The van der Waals surface area contributed by atoms with Crippen LogP contribution in [0.4, 0.5) is 4.39 Å². The van der Waals surface area contributed by atoms with Crippen LogP contribution in [-0.2, 0) is 0 Å². The van der Waals surface area contributed by atoms with E-state index in [-0.39, 0.29) is 11.9 Å². The van der Waals surface area contributed by atoms with Crippen LogP contribution in [0.15, 0.2) is 36.4 Å². The van der Waals surface area contributed by atoms with Crippen LogP contribution in [0.2, 0.25) is 0 Å². The van der Waals surface area contributed by atoms with Crippen LogP contribution in [0.1, 0.15) is 25.5 Å². The number of benzene rings is 1. The maximum Gasteiger partial charge on any atom is 0.123 e. The summed E-state index contributed by atoms with van der Waals surface area (Å²) in [7, 11) is 0. The Bertz CT molecular complexity index is 320. The molecule has 0 aromatic heterocycles. The van der Waals surface area contributed by atoms with Crippen molar-refractivity contribution < 1.29 is 4.39 Å². The molecule has 0 radical (unpaired) electrons. The minimum Gasteiger partial charge on any atom is -0.306 e. The molecule has 0 spiro atoms. The Hall–Kier alpha value is -1.15. The number of hydrogen-bond acceptors (Lipinski definition) is 1. The van der Waals surface area contributed by atoms with E-state index < -0.39 is 0 Å². The molecule has 76 valence electrons. The van der Waals surface area contributed by atoms with Gasteiger partial charge in [-0.15, -0.1) is 0 Å². The third-order valence-corrected chi connectivity index (χ3v) is 2.06. The van der Waals surface area contributed by atoms with Crippen LogP contribution in [0.25, 0.3) is 0 Å². The van der Waals surface area contributed by atoms with E-state index in [9.17, 15) is 4.39 Å². The van der Waals surface area contributed by atoms with Crippen molar-refractivity contribution in [3.63, 3.8) is 0 Å². The van der Waals surface area contributed by atoms with Gasteiger partial charge in [0.2, 0.25) is 0 Å². The lowest BCUT2D eigenvalue weighted by molar-refractivity contribution is 0.589. The van der Waals surface area contributed by atoms with Gasteiger partial charge in [-0.25, -0.2) is 4.39 Å². The molecule has 0 heterocycles. The van der Waals surface area contributed by atoms with Crippen LogP contribution < -0.4 is 5.32 Å². The lowest BCUT2D eigenvalue weighted by Crippen LogP contribution is -2.20. The summed E-state index contributed by atoms with van der Waals surface area (Å²) in [4.78, 5) is 0. The Morgan fingerprint density at radius 1 is 1.57 bits per heavy atom. The van der Waals surface area contributed by atoms with E-state index in [0.29, 0.717) is 0 Å². The first-order valence-electron chi connectivity index (χ1n) is 4.73. The molecule has 1 aromatic rings. The largest absolute Gasteiger partial charge is 0.306 e. The Morgan fingerprint density at radius 2 is 2.29 bits per heavy atom. The summed E-state index contributed by atoms with van der Waals surface area (Å²) in [5.41, 5.74) is 2.04. The summed E-state index contributed by atoms with van der Waals surface area (Å²) >= 11 is 0. The second-order valence-corrected chi connectivity index (χ2v) is 3.61. The van der Waals surface area contributed by atoms with Crippen molar-refractivity contribution in [3.05, 3.63) is 47.8 Å². The average molecular weight is 193 g/mol. The van der Waals surface area contributed by atoms with Crippen LogP contribution >= 0.6 is 0 Å². The van der Waals surface area contributed by atoms with E-state index in [4.69, 9.17) is 0 Å². The van der Waals surface area contributed by atoms with E-state index in [1.165, 1.54) is 6.07 Å². The molecule has 0 aliphatic carbocycles. The van der Waals surface area contributed by atoms with Crippen molar-refractivity contribution in [1.82, 2.24) is 5.32 Å². The maximum atomic E-state index is 12.9. The highest BCUT2D eigenvalue weighted by molar-refractivity contribution is 5.19. The highest BCUT2D eigenvalue weighted by Gasteiger charge is 2.04. The molecule has 1 rings (SSSR count). The summed E-state index contributed by atoms with van der Waals surface area (Å²) < 4.78 is 12.9. The number of halogens is 1. The summed E-state index contributed by atoms with van der Waals surface area (Å²) in [6, 6.07) is 6.80. The predicted octanol–water partition coefficient (Wildman–Crippen LogP) is 3.05. The van der Waals surface area contributed by atoms with Gasteiger partial charge in [-0.2, -0.15) is 0 Å². The Labute approximate surface area is 84.6 Å². The van der Waals surface area contributed by atoms with Crippen molar-refractivity contribution >= 4 is 0 Å². The van der Waals surface area contributed by atoms with Gasteiger partial charge in [0, 0.05) is 12.6 Å². The minimum atomic E-state index is -0.188. The predicted molar refractivity (Wildman–Crippen MR) is 57.6 cm³/mol. The average Bonchev–Trinajstić information content (AvgIpc) is 2.14. The molecule has 0 aliphatic heterocycles. The molecule has 2 heteroatoms. The molecule has 14 heavy (non-hydrogen) atoms. The van der Waals surface area contributed by atoms with Crippen molar-refractivity contribution in [2.45, 2.75) is 19.9 Å². The molecule has 1 N–H and O–H groups in total. The highest BCUT2D eigenvalue weighted by atomic mass is 19.1. The van der Waals surface area contributed by atoms with Gasteiger partial charge in [-0.3, -0.25) is 0 Å². The van der Waals surface area contributed by atoms with Gasteiger partial charge in [-0.1, -0.05) is 24.3 Å². The second-order valence-electron chi connectivity index (χ2n) is 3.61. The first kappa shape index (κ1) is 10.9. The summed E-state index contributed by atoms with van der Waals surface area (Å²) in [5, 5.41) is 3.26. The fourth-order valence-electron chi connectivity index (χ4n) is 1.22. The Balaban J connectivity index is 2.60. The molecular weight excluding hydrogens is 177 g/mol.